The molecule has 0 amide bonds. The maximum atomic E-state index is 14.4. The lowest BCUT2D eigenvalue weighted by molar-refractivity contribution is -0.151. The smallest absolute Gasteiger partial charge is 0.317 e. The van der Waals surface area contributed by atoms with E-state index in [1.54, 1.807) is 26.8 Å². The van der Waals surface area contributed by atoms with Crippen LogP contribution in [0, 0.1) is 17.6 Å². The minimum Gasteiger partial charge on any atom is -0.462 e. The molecule has 0 N–H and O–H groups in total. The number of esters is 1. The van der Waals surface area contributed by atoms with Crippen molar-refractivity contribution in [2.75, 3.05) is 0 Å². The molecule has 0 saturated heterocycles. The van der Waals surface area contributed by atoms with Crippen molar-refractivity contribution in [2.45, 2.75) is 32.9 Å². The van der Waals surface area contributed by atoms with Crippen molar-refractivity contribution >= 4 is 17.5 Å². The Labute approximate surface area is 138 Å². The van der Waals surface area contributed by atoms with E-state index in [4.69, 9.17) is 4.74 Å². The van der Waals surface area contributed by atoms with Crippen LogP contribution in [0.15, 0.2) is 35.5 Å². The topological polar surface area (TPSA) is 56.5 Å². The van der Waals surface area contributed by atoms with Crippen LogP contribution in [0.3, 0.4) is 0 Å². The number of rotatable bonds is 3. The van der Waals surface area contributed by atoms with Crippen LogP contribution in [0.1, 0.15) is 32.4 Å². The van der Waals surface area contributed by atoms with Gasteiger partial charge in [0.15, 0.2) is 17.5 Å². The van der Waals surface area contributed by atoms with Gasteiger partial charge in [-0.25, -0.2) is 18.5 Å². The lowest BCUT2D eigenvalue weighted by Gasteiger charge is -2.31. The zero-order chi connectivity index (χ0) is 17.4. The molecule has 2 atom stereocenters. The Morgan fingerprint density at radius 3 is 2.75 bits per heavy atom. The normalized spacial score (nSPS) is 19.8. The Hall–Kier alpha value is -2.57. The van der Waals surface area contributed by atoms with E-state index >= 15 is 0 Å². The van der Waals surface area contributed by atoms with Gasteiger partial charge in [-0.05, 0) is 26.8 Å². The molecule has 0 saturated carbocycles. The van der Waals surface area contributed by atoms with Gasteiger partial charge in [0, 0.05) is 17.3 Å². The fourth-order valence-corrected chi connectivity index (χ4v) is 2.90. The zero-order valence-corrected chi connectivity index (χ0v) is 13.5. The highest BCUT2D eigenvalue weighted by molar-refractivity contribution is 6.03. The number of carbonyl (C=O) groups is 1. The first kappa shape index (κ1) is 16.3. The first-order valence-electron chi connectivity index (χ1n) is 7.63. The molecular formula is C17H17F2N3O2. The van der Waals surface area contributed by atoms with Gasteiger partial charge in [-0.3, -0.25) is 4.79 Å². The minimum absolute atomic E-state index is 0.0416. The Morgan fingerprint density at radius 2 is 2.04 bits per heavy atom. The molecule has 5 nitrogen and oxygen atoms in total. The van der Waals surface area contributed by atoms with Gasteiger partial charge >= 0.3 is 5.97 Å². The molecule has 0 spiro atoms. The summed E-state index contributed by atoms with van der Waals surface area (Å²) in [4.78, 5) is 16.9. The van der Waals surface area contributed by atoms with Gasteiger partial charge in [-0.2, -0.15) is 5.10 Å². The summed E-state index contributed by atoms with van der Waals surface area (Å²) in [6.07, 6.45) is 1.18. The van der Waals surface area contributed by atoms with Crippen LogP contribution in [0.4, 0.5) is 14.6 Å². The van der Waals surface area contributed by atoms with Crippen LogP contribution in [0.2, 0.25) is 0 Å². The quantitative estimate of drug-likeness (QED) is 0.809. The van der Waals surface area contributed by atoms with E-state index in [0.717, 1.165) is 6.07 Å². The summed E-state index contributed by atoms with van der Waals surface area (Å²) in [6, 6.07) is 4.69. The number of aromatic nitrogens is 2. The molecule has 3 rings (SSSR count). The first-order valence-corrected chi connectivity index (χ1v) is 7.63. The molecule has 0 fully saturated rings. The molecule has 1 aliphatic heterocycles. The van der Waals surface area contributed by atoms with Crippen molar-refractivity contribution < 1.29 is 18.3 Å². The molecule has 2 unspecified atom stereocenters. The number of hydrogen-bond acceptors (Lipinski definition) is 4. The molecule has 7 heteroatoms. The van der Waals surface area contributed by atoms with Crippen LogP contribution in [-0.2, 0) is 9.53 Å². The fraction of sp³-hybridized carbons (Fsp3) is 0.353. The van der Waals surface area contributed by atoms with E-state index in [1.165, 1.54) is 23.0 Å². The molecule has 1 aromatic carbocycles. The second-order valence-electron chi connectivity index (χ2n) is 5.94. The summed E-state index contributed by atoms with van der Waals surface area (Å²) in [5.41, 5.74) is 0.516. The number of nitrogens with zero attached hydrogens (tertiary/aromatic N) is 3. The number of hydrogen-bond donors (Lipinski definition) is 0. The van der Waals surface area contributed by atoms with Gasteiger partial charge in [0.2, 0.25) is 0 Å². The van der Waals surface area contributed by atoms with E-state index in [0.29, 0.717) is 11.5 Å². The van der Waals surface area contributed by atoms with E-state index in [9.17, 15) is 13.6 Å². The van der Waals surface area contributed by atoms with Crippen molar-refractivity contribution in [2.24, 2.45) is 10.9 Å². The Bertz CT molecular complexity index is 814. The monoisotopic (exact) mass is 333 g/mol. The molecule has 126 valence electrons. The van der Waals surface area contributed by atoms with E-state index in [2.05, 4.69) is 10.1 Å². The Kier molecular flexibility index (Phi) is 4.17. The molecule has 24 heavy (non-hydrogen) atoms. The lowest BCUT2D eigenvalue weighted by Crippen LogP contribution is -2.38. The number of fused-ring (bicyclic) bond motifs is 1. The Balaban J connectivity index is 2.16. The SMILES string of the molecule is CC1=Nc2ccnn2C(c2cccc(F)c2F)C1C(=O)OC(C)C. The molecule has 0 radical (unpaired) electrons. The minimum atomic E-state index is -0.999. The van der Waals surface area contributed by atoms with Crippen LogP contribution >= 0.6 is 0 Å². The number of ether oxygens (including phenoxy) is 1. The number of benzene rings is 1. The summed E-state index contributed by atoms with van der Waals surface area (Å²) in [5.74, 6) is -2.91. The van der Waals surface area contributed by atoms with Crippen molar-refractivity contribution in [3.8, 4) is 0 Å². The van der Waals surface area contributed by atoms with Gasteiger partial charge in [0.05, 0.1) is 12.3 Å². The van der Waals surface area contributed by atoms with Crippen molar-refractivity contribution in [3.05, 3.63) is 47.7 Å². The third-order valence-corrected chi connectivity index (χ3v) is 3.88. The van der Waals surface area contributed by atoms with Crippen LogP contribution < -0.4 is 0 Å². The maximum absolute atomic E-state index is 14.4. The third kappa shape index (κ3) is 2.70. The lowest BCUT2D eigenvalue weighted by atomic mass is 9.88. The van der Waals surface area contributed by atoms with Gasteiger partial charge < -0.3 is 4.74 Å². The van der Waals surface area contributed by atoms with Gasteiger partial charge in [-0.15, -0.1) is 0 Å². The molecule has 1 aromatic heterocycles. The summed E-state index contributed by atoms with van der Waals surface area (Å²) in [5, 5.41) is 4.14. The van der Waals surface area contributed by atoms with Crippen LogP contribution in [0.25, 0.3) is 0 Å². The van der Waals surface area contributed by atoms with E-state index in [1.807, 2.05) is 0 Å². The Morgan fingerprint density at radius 1 is 1.29 bits per heavy atom. The second-order valence-corrected chi connectivity index (χ2v) is 5.94. The predicted octanol–water partition coefficient (Wildman–Crippen LogP) is 3.42. The van der Waals surface area contributed by atoms with Crippen molar-refractivity contribution in [3.63, 3.8) is 0 Å². The molecule has 0 bridgehead atoms. The van der Waals surface area contributed by atoms with E-state index < -0.39 is 29.6 Å². The highest BCUT2D eigenvalue weighted by Crippen LogP contribution is 2.38. The summed E-state index contributed by atoms with van der Waals surface area (Å²) >= 11 is 0. The van der Waals surface area contributed by atoms with Gasteiger partial charge in [0.1, 0.15) is 12.0 Å². The second kappa shape index (κ2) is 6.14. The number of aliphatic imine (C=N–C) groups is 1. The van der Waals surface area contributed by atoms with E-state index in [-0.39, 0.29) is 11.7 Å². The summed E-state index contributed by atoms with van der Waals surface area (Å²) < 4.78 is 34.8. The standard InChI is InChI=1S/C17H17F2N3O2/c1-9(2)24-17(23)14-10(3)21-13-7-8-20-22(13)16(14)11-5-4-6-12(18)15(11)19/h4-9,14,16H,1-3H3. The summed E-state index contributed by atoms with van der Waals surface area (Å²) in [6.45, 7) is 5.13. The van der Waals surface area contributed by atoms with Gasteiger partial charge in [0.25, 0.3) is 0 Å². The molecule has 2 heterocycles. The van der Waals surface area contributed by atoms with Crippen molar-refractivity contribution in [1.82, 2.24) is 9.78 Å². The zero-order valence-electron chi connectivity index (χ0n) is 13.5. The number of carbonyl (C=O) groups excluding carboxylic acids is 1. The molecular weight excluding hydrogens is 316 g/mol. The van der Waals surface area contributed by atoms with Crippen LogP contribution in [-0.4, -0.2) is 27.6 Å². The average molecular weight is 333 g/mol. The number of halogens is 2. The first-order chi connectivity index (χ1) is 11.4. The fourth-order valence-electron chi connectivity index (χ4n) is 2.90. The van der Waals surface area contributed by atoms with Crippen molar-refractivity contribution in [1.29, 1.82) is 0 Å². The largest absolute Gasteiger partial charge is 0.462 e. The highest BCUT2D eigenvalue weighted by Gasteiger charge is 2.41. The highest BCUT2D eigenvalue weighted by atomic mass is 19.2. The molecule has 2 aromatic rings. The van der Waals surface area contributed by atoms with Gasteiger partial charge in [-0.1, -0.05) is 12.1 Å². The molecule has 0 aliphatic carbocycles. The maximum Gasteiger partial charge on any atom is 0.317 e. The molecule has 1 aliphatic rings. The van der Waals surface area contributed by atoms with Crippen LogP contribution in [0.5, 0.6) is 0 Å². The predicted molar refractivity (Wildman–Crippen MR) is 84.2 cm³/mol. The third-order valence-electron chi connectivity index (χ3n) is 3.88. The summed E-state index contributed by atoms with van der Waals surface area (Å²) in [7, 11) is 0. The average Bonchev–Trinajstić information content (AvgIpc) is 2.96.